The molecule has 1 aliphatic heterocycles. The Morgan fingerprint density at radius 3 is 2.12 bits per heavy atom. The molecule has 0 spiro atoms. The standard InChI is InChI=1S/C20H22O4/c1-22-17-7-3-5-14(10-17)9-16-13-24-20(21)19(16)12-15-6-4-8-18(11-15)23-2/h3-8,10-11,16,19H,9,12-13H2,1-2H3/t16-,19+/m0/s1/i9+1,12+1,20+1. The number of ether oxygens (including phenoxy) is 3. The second kappa shape index (κ2) is 7.39. The van der Waals surface area contributed by atoms with E-state index in [1.807, 2.05) is 42.5 Å². The normalized spacial score (nSPS) is 19.8. The molecular weight excluding hydrogens is 307 g/mol. The lowest BCUT2D eigenvalue weighted by Crippen LogP contribution is -2.20. The van der Waals surface area contributed by atoms with Crippen LogP contribution in [-0.4, -0.2) is 26.8 Å². The molecule has 2 aromatic carbocycles. The fourth-order valence-corrected chi connectivity index (χ4v) is 3.21. The summed E-state index contributed by atoms with van der Waals surface area (Å²) in [6.07, 6.45) is 1.47. The van der Waals surface area contributed by atoms with Gasteiger partial charge >= 0.3 is 5.97 Å². The van der Waals surface area contributed by atoms with Gasteiger partial charge in [-0.1, -0.05) is 24.3 Å². The van der Waals surface area contributed by atoms with Gasteiger partial charge in [-0.05, 0) is 48.2 Å². The third-order valence-corrected chi connectivity index (χ3v) is 4.53. The van der Waals surface area contributed by atoms with Crippen LogP contribution in [0.3, 0.4) is 0 Å². The molecule has 2 atom stereocenters. The van der Waals surface area contributed by atoms with Crippen LogP contribution in [0.1, 0.15) is 11.1 Å². The van der Waals surface area contributed by atoms with Gasteiger partial charge in [-0.2, -0.15) is 0 Å². The van der Waals surface area contributed by atoms with Crippen LogP contribution in [-0.2, 0) is 22.4 Å². The number of esters is 1. The van der Waals surface area contributed by atoms with Crippen molar-refractivity contribution in [3.8, 4) is 11.5 Å². The number of methoxy groups -OCH3 is 2. The third kappa shape index (κ3) is 3.70. The zero-order valence-corrected chi connectivity index (χ0v) is 14.0. The molecule has 0 aromatic heterocycles. The summed E-state index contributed by atoms with van der Waals surface area (Å²) < 4.78 is 15.9. The molecule has 0 N–H and O–H groups in total. The van der Waals surface area contributed by atoms with Crippen molar-refractivity contribution in [1.29, 1.82) is 0 Å². The average molecular weight is 329 g/mol. The first-order valence-corrected chi connectivity index (χ1v) is 8.12. The zero-order valence-electron chi connectivity index (χ0n) is 14.0. The molecule has 1 aliphatic rings. The molecule has 4 heteroatoms. The molecule has 0 bridgehead atoms. The maximum absolute atomic E-state index is 12.2. The number of hydrogen-bond donors (Lipinski definition) is 0. The Morgan fingerprint density at radius 2 is 1.54 bits per heavy atom. The van der Waals surface area contributed by atoms with E-state index in [1.54, 1.807) is 14.2 Å². The van der Waals surface area contributed by atoms with Gasteiger partial charge in [0.1, 0.15) is 11.5 Å². The molecule has 1 saturated heterocycles. The Balaban J connectivity index is 1.73. The molecular formula is C20H22O4. The summed E-state index contributed by atoms with van der Waals surface area (Å²) in [7, 11) is 3.31. The molecule has 0 radical (unpaired) electrons. The Bertz CT molecular complexity index is 710. The summed E-state index contributed by atoms with van der Waals surface area (Å²) in [4.78, 5) is 12.2. The summed E-state index contributed by atoms with van der Waals surface area (Å²) in [6, 6.07) is 15.8. The largest absolute Gasteiger partial charge is 0.497 e. The average Bonchev–Trinajstić information content (AvgIpc) is 2.95. The van der Waals surface area contributed by atoms with Crippen LogP contribution in [0, 0.1) is 11.8 Å². The van der Waals surface area contributed by atoms with Gasteiger partial charge in [-0.25, -0.2) is 0 Å². The van der Waals surface area contributed by atoms with E-state index in [1.165, 1.54) is 0 Å². The Kier molecular flexibility index (Phi) is 5.04. The first-order chi connectivity index (χ1) is 11.7. The number of benzene rings is 2. The van der Waals surface area contributed by atoms with Gasteiger partial charge in [-0.15, -0.1) is 0 Å². The van der Waals surface area contributed by atoms with Crippen molar-refractivity contribution in [3.05, 3.63) is 59.7 Å². The van der Waals surface area contributed by atoms with Crippen molar-refractivity contribution >= 4 is 5.97 Å². The summed E-state index contributed by atoms with van der Waals surface area (Å²) in [6.45, 7) is 0.477. The van der Waals surface area contributed by atoms with Crippen LogP contribution in [0.4, 0.5) is 0 Å². The van der Waals surface area contributed by atoms with Gasteiger partial charge in [0.05, 0.1) is 26.7 Å². The monoisotopic (exact) mass is 329 g/mol. The molecule has 2 aromatic rings. The lowest BCUT2D eigenvalue weighted by atomic mass is 10.1. The van der Waals surface area contributed by atoms with Crippen LogP contribution < -0.4 is 9.47 Å². The summed E-state index contributed by atoms with van der Waals surface area (Å²) in [5, 5.41) is 0. The highest BCUT2D eigenvalue weighted by atomic mass is 16.6. The van der Waals surface area contributed by atoms with Crippen molar-refractivity contribution in [2.45, 2.75) is 12.8 Å². The van der Waals surface area contributed by atoms with Crippen LogP contribution >= 0.6 is 0 Å². The SMILES string of the molecule is COc1cccc([13CH2][C@H]2CO[13C](=O)[C@@H]2[13CH2]c2cccc(OC)c2)c1. The fourth-order valence-electron chi connectivity index (χ4n) is 3.21. The van der Waals surface area contributed by atoms with Crippen molar-refractivity contribution < 1.29 is 19.0 Å². The molecule has 1 heterocycles. The Hall–Kier alpha value is -2.49. The van der Waals surface area contributed by atoms with E-state index < -0.39 is 0 Å². The minimum Gasteiger partial charge on any atom is -0.497 e. The highest BCUT2D eigenvalue weighted by Crippen LogP contribution is 2.30. The Labute approximate surface area is 142 Å². The number of carbonyl (C=O) groups excluding carboxylic acids is 1. The Morgan fingerprint density at radius 1 is 0.958 bits per heavy atom. The highest BCUT2D eigenvalue weighted by Gasteiger charge is 2.36. The van der Waals surface area contributed by atoms with Gasteiger partial charge in [-0.3, -0.25) is 4.79 Å². The van der Waals surface area contributed by atoms with E-state index in [2.05, 4.69) is 6.07 Å². The van der Waals surface area contributed by atoms with Gasteiger partial charge in [0.15, 0.2) is 0 Å². The van der Waals surface area contributed by atoms with E-state index in [0.717, 1.165) is 29.0 Å². The van der Waals surface area contributed by atoms with E-state index in [4.69, 9.17) is 14.2 Å². The topological polar surface area (TPSA) is 44.8 Å². The number of cyclic esters (lactones) is 1. The van der Waals surface area contributed by atoms with Crippen LogP contribution in [0.2, 0.25) is 0 Å². The minimum absolute atomic E-state index is 0.106. The van der Waals surface area contributed by atoms with E-state index >= 15 is 0 Å². The predicted molar refractivity (Wildman–Crippen MR) is 91.3 cm³/mol. The number of hydrogen-bond acceptors (Lipinski definition) is 4. The molecule has 24 heavy (non-hydrogen) atoms. The summed E-state index contributed by atoms with van der Waals surface area (Å²) in [5.41, 5.74) is 2.25. The third-order valence-electron chi connectivity index (χ3n) is 4.53. The van der Waals surface area contributed by atoms with Crippen LogP contribution in [0.5, 0.6) is 11.5 Å². The predicted octanol–water partition coefficient (Wildman–Crippen LogP) is 3.28. The smallest absolute Gasteiger partial charge is 0.309 e. The first kappa shape index (κ1) is 16.4. The lowest BCUT2D eigenvalue weighted by molar-refractivity contribution is -0.141. The molecule has 0 aliphatic carbocycles. The van der Waals surface area contributed by atoms with Gasteiger partial charge in [0, 0.05) is 5.92 Å². The second-order valence-corrected chi connectivity index (χ2v) is 6.11. The minimum atomic E-state index is -0.122. The van der Waals surface area contributed by atoms with E-state index in [0.29, 0.717) is 13.0 Å². The zero-order chi connectivity index (χ0) is 16.9. The molecule has 126 valence electrons. The number of carbonyl (C=O) groups is 1. The van der Waals surface area contributed by atoms with Gasteiger partial charge < -0.3 is 14.2 Å². The molecule has 1 fully saturated rings. The van der Waals surface area contributed by atoms with Crippen molar-refractivity contribution in [3.63, 3.8) is 0 Å². The quantitative estimate of drug-likeness (QED) is 0.603. The first-order valence-electron chi connectivity index (χ1n) is 8.12. The van der Waals surface area contributed by atoms with E-state index in [-0.39, 0.29) is 17.8 Å². The molecule has 0 unspecified atom stereocenters. The maximum Gasteiger partial charge on any atom is 0.309 e. The van der Waals surface area contributed by atoms with Crippen molar-refractivity contribution in [2.24, 2.45) is 11.8 Å². The summed E-state index contributed by atoms with van der Waals surface area (Å²) >= 11 is 0. The second-order valence-electron chi connectivity index (χ2n) is 6.11. The van der Waals surface area contributed by atoms with Gasteiger partial charge in [0.2, 0.25) is 0 Å². The fraction of sp³-hybridized carbons (Fsp3) is 0.350. The van der Waals surface area contributed by atoms with Gasteiger partial charge in [0.25, 0.3) is 0 Å². The van der Waals surface area contributed by atoms with Crippen LogP contribution in [0.15, 0.2) is 48.5 Å². The van der Waals surface area contributed by atoms with Crippen LogP contribution in [0.25, 0.3) is 0 Å². The summed E-state index contributed by atoms with van der Waals surface area (Å²) in [5.74, 6) is 1.59. The molecule has 0 saturated carbocycles. The number of rotatable bonds is 6. The van der Waals surface area contributed by atoms with E-state index in [9.17, 15) is 4.79 Å². The van der Waals surface area contributed by atoms with Crippen molar-refractivity contribution in [1.82, 2.24) is 0 Å². The van der Waals surface area contributed by atoms with Crippen molar-refractivity contribution in [2.75, 3.05) is 20.8 Å². The lowest BCUT2D eigenvalue weighted by Gasteiger charge is -2.16. The molecule has 0 amide bonds. The molecule has 3 rings (SSSR count). The molecule has 4 nitrogen and oxygen atoms in total. The maximum atomic E-state index is 12.2. The highest BCUT2D eigenvalue weighted by molar-refractivity contribution is 5.75.